The molecule has 1 fully saturated rings. The monoisotopic (exact) mass is 252 g/mol. The molecule has 1 amide bonds. The second-order valence-electron chi connectivity index (χ2n) is 4.26. The number of rotatable bonds is 1. The Morgan fingerprint density at radius 3 is 2.78 bits per heavy atom. The molecule has 1 aromatic heterocycles. The lowest BCUT2D eigenvalue weighted by Crippen LogP contribution is -2.16. The minimum Gasteiger partial charge on any atom is -0.369 e. The molecule has 18 heavy (non-hydrogen) atoms. The normalized spacial score (nSPS) is 19.4. The van der Waals surface area contributed by atoms with Crippen LogP contribution in [0, 0.1) is 11.6 Å². The Labute approximate surface area is 101 Å². The number of hydrogen-bond acceptors (Lipinski definition) is 3. The van der Waals surface area contributed by atoms with Gasteiger partial charge in [-0.25, -0.2) is 13.8 Å². The maximum atomic E-state index is 13.3. The molecule has 0 aliphatic carbocycles. The van der Waals surface area contributed by atoms with Crippen LogP contribution in [0.2, 0.25) is 0 Å². The number of carbonyl (C=O) groups excluding carboxylic acids is 1. The Bertz CT molecular complexity index is 652. The highest BCUT2D eigenvalue weighted by Gasteiger charge is 2.26. The van der Waals surface area contributed by atoms with Crippen LogP contribution in [0.5, 0.6) is 0 Å². The van der Waals surface area contributed by atoms with E-state index in [0.29, 0.717) is 12.1 Å². The van der Waals surface area contributed by atoms with Crippen LogP contribution in [0.25, 0.3) is 11.0 Å². The summed E-state index contributed by atoms with van der Waals surface area (Å²) in [6.07, 6.45) is 0.259. The smallest absolute Gasteiger partial charge is 0.222 e. The third kappa shape index (κ3) is 1.51. The number of nitrogens with two attached hydrogens (primary N) is 1. The van der Waals surface area contributed by atoms with Crippen LogP contribution in [-0.2, 0) is 4.79 Å². The van der Waals surface area contributed by atoms with E-state index in [2.05, 4.69) is 10.3 Å². The third-order valence-corrected chi connectivity index (χ3v) is 3.08. The van der Waals surface area contributed by atoms with Gasteiger partial charge in [-0.2, -0.15) is 0 Å². The number of carbonyl (C=O) groups is 1. The number of benzene rings is 1. The summed E-state index contributed by atoms with van der Waals surface area (Å²) >= 11 is 0. The molecule has 1 unspecified atom stereocenters. The van der Waals surface area contributed by atoms with Crippen LogP contribution in [-0.4, -0.2) is 22.0 Å². The lowest BCUT2D eigenvalue weighted by Gasteiger charge is -2.12. The van der Waals surface area contributed by atoms with Gasteiger partial charge in [-0.3, -0.25) is 4.79 Å². The fraction of sp³-hybridized carbons (Fsp3) is 0.273. The van der Waals surface area contributed by atoms with Gasteiger partial charge in [0.15, 0.2) is 11.6 Å². The van der Waals surface area contributed by atoms with Gasteiger partial charge in [0.2, 0.25) is 11.9 Å². The molecule has 1 saturated heterocycles. The molecule has 7 heteroatoms. The molecule has 94 valence electrons. The number of aromatic nitrogens is 2. The second kappa shape index (κ2) is 3.66. The molecule has 3 N–H and O–H groups in total. The first-order valence-electron chi connectivity index (χ1n) is 5.45. The molecule has 0 radical (unpaired) electrons. The molecule has 0 bridgehead atoms. The summed E-state index contributed by atoms with van der Waals surface area (Å²) in [4.78, 5) is 15.2. The van der Waals surface area contributed by atoms with E-state index in [1.165, 1.54) is 0 Å². The Morgan fingerprint density at radius 2 is 2.11 bits per heavy atom. The van der Waals surface area contributed by atoms with Gasteiger partial charge in [-0.15, -0.1) is 0 Å². The summed E-state index contributed by atoms with van der Waals surface area (Å²) in [6, 6.07) is 1.84. The van der Waals surface area contributed by atoms with E-state index in [1.54, 1.807) is 4.57 Å². The van der Waals surface area contributed by atoms with Crippen molar-refractivity contribution in [3.05, 3.63) is 23.8 Å². The van der Waals surface area contributed by atoms with Gasteiger partial charge in [-0.1, -0.05) is 0 Å². The van der Waals surface area contributed by atoms with Crippen molar-refractivity contribution in [2.24, 2.45) is 0 Å². The molecular weight excluding hydrogens is 242 g/mol. The first kappa shape index (κ1) is 10.9. The van der Waals surface area contributed by atoms with E-state index < -0.39 is 11.6 Å². The zero-order valence-electron chi connectivity index (χ0n) is 9.28. The van der Waals surface area contributed by atoms with Gasteiger partial charge in [0.25, 0.3) is 0 Å². The molecule has 3 rings (SSSR count). The highest BCUT2D eigenvalue weighted by atomic mass is 19.2. The molecule has 1 aromatic carbocycles. The largest absolute Gasteiger partial charge is 0.369 e. The predicted octanol–water partition coefficient (Wildman–Crippen LogP) is 0.958. The number of nitrogens with one attached hydrogen (secondary N) is 1. The zero-order valence-corrected chi connectivity index (χ0v) is 9.28. The molecule has 1 aliphatic heterocycles. The van der Waals surface area contributed by atoms with Crippen molar-refractivity contribution < 1.29 is 13.6 Å². The third-order valence-electron chi connectivity index (χ3n) is 3.08. The van der Waals surface area contributed by atoms with Crippen molar-refractivity contribution in [2.45, 2.75) is 12.5 Å². The fourth-order valence-corrected chi connectivity index (χ4v) is 2.27. The molecule has 5 nitrogen and oxygen atoms in total. The van der Waals surface area contributed by atoms with Gasteiger partial charge >= 0.3 is 0 Å². The standard InChI is InChI=1S/C11H10F2N4O/c12-6-2-8-9(3-7(6)13)17(11(14)16-8)5-1-10(18)15-4-5/h2-3,5H,1,4H2,(H2,14,16)(H,15,18). The quantitative estimate of drug-likeness (QED) is 0.793. The summed E-state index contributed by atoms with van der Waals surface area (Å²) in [5, 5.41) is 2.66. The average Bonchev–Trinajstić information content (AvgIpc) is 2.83. The van der Waals surface area contributed by atoms with Crippen molar-refractivity contribution in [1.29, 1.82) is 0 Å². The lowest BCUT2D eigenvalue weighted by molar-refractivity contribution is -0.119. The van der Waals surface area contributed by atoms with E-state index in [4.69, 9.17) is 5.73 Å². The van der Waals surface area contributed by atoms with Crippen molar-refractivity contribution in [2.75, 3.05) is 12.3 Å². The van der Waals surface area contributed by atoms with Crippen molar-refractivity contribution in [3.63, 3.8) is 0 Å². The number of fused-ring (bicyclic) bond motifs is 1. The Balaban J connectivity index is 2.19. The maximum absolute atomic E-state index is 13.3. The molecular formula is C11H10F2N4O. The van der Waals surface area contributed by atoms with Gasteiger partial charge < -0.3 is 15.6 Å². The maximum Gasteiger partial charge on any atom is 0.222 e. The number of nitrogen functional groups attached to an aromatic ring is 1. The molecule has 2 heterocycles. The second-order valence-corrected chi connectivity index (χ2v) is 4.26. The van der Waals surface area contributed by atoms with E-state index in [0.717, 1.165) is 12.1 Å². The van der Waals surface area contributed by atoms with Gasteiger partial charge in [0, 0.05) is 25.1 Å². The number of nitrogens with zero attached hydrogens (tertiary/aromatic N) is 2. The first-order valence-corrected chi connectivity index (χ1v) is 5.45. The van der Waals surface area contributed by atoms with Crippen LogP contribution >= 0.6 is 0 Å². The minimum absolute atomic E-state index is 0.0937. The van der Waals surface area contributed by atoms with E-state index in [9.17, 15) is 13.6 Å². The molecule has 0 saturated carbocycles. The highest BCUT2D eigenvalue weighted by molar-refractivity contribution is 5.82. The van der Waals surface area contributed by atoms with Gasteiger partial charge in [-0.05, 0) is 0 Å². The van der Waals surface area contributed by atoms with Crippen molar-refractivity contribution >= 4 is 22.9 Å². The number of imidazole rings is 1. The highest BCUT2D eigenvalue weighted by Crippen LogP contribution is 2.28. The summed E-state index contributed by atoms with van der Waals surface area (Å²) in [7, 11) is 0. The van der Waals surface area contributed by atoms with E-state index >= 15 is 0 Å². The van der Waals surface area contributed by atoms with Crippen LogP contribution in [0.4, 0.5) is 14.7 Å². The Morgan fingerprint density at radius 1 is 1.39 bits per heavy atom. The lowest BCUT2D eigenvalue weighted by atomic mass is 10.2. The summed E-state index contributed by atoms with van der Waals surface area (Å²) in [6.45, 7) is 0.410. The van der Waals surface area contributed by atoms with Crippen LogP contribution < -0.4 is 11.1 Å². The number of amides is 1. The zero-order chi connectivity index (χ0) is 12.9. The predicted molar refractivity (Wildman–Crippen MR) is 60.7 cm³/mol. The van der Waals surface area contributed by atoms with Gasteiger partial charge in [0.1, 0.15) is 0 Å². The first-order chi connectivity index (χ1) is 8.56. The summed E-state index contributed by atoms with van der Waals surface area (Å²) in [5.74, 6) is -1.87. The number of hydrogen-bond donors (Lipinski definition) is 2. The van der Waals surface area contributed by atoms with Crippen molar-refractivity contribution in [3.8, 4) is 0 Å². The Kier molecular flexibility index (Phi) is 2.22. The minimum atomic E-state index is -0.965. The SMILES string of the molecule is Nc1nc2cc(F)c(F)cc2n1C1CNC(=O)C1. The number of anilines is 1. The summed E-state index contributed by atoms with van der Waals surface area (Å²) < 4.78 is 27.9. The topological polar surface area (TPSA) is 72.9 Å². The Hall–Kier alpha value is -2.18. The summed E-state index contributed by atoms with van der Waals surface area (Å²) in [5.41, 5.74) is 6.43. The van der Waals surface area contributed by atoms with E-state index in [1.807, 2.05) is 0 Å². The van der Waals surface area contributed by atoms with Crippen LogP contribution in [0.1, 0.15) is 12.5 Å². The molecule has 1 aliphatic rings. The number of halogens is 2. The van der Waals surface area contributed by atoms with Crippen LogP contribution in [0.15, 0.2) is 12.1 Å². The molecule has 2 aromatic rings. The van der Waals surface area contributed by atoms with E-state index in [-0.39, 0.29) is 29.8 Å². The average molecular weight is 252 g/mol. The molecule has 0 spiro atoms. The molecule has 1 atom stereocenters. The van der Waals surface area contributed by atoms with Crippen molar-refractivity contribution in [1.82, 2.24) is 14.9 Å². The fourth-order valence-electron chi connectivity index (χ4n) is 2.27. The van der Waals surface area contributed by atoms with Crippen LogP contribution in [0.3, 0.4) is 0 Å². The van der Waals surface area contributed by atoms with Gasteiger partial charge in [0.05, 0.1) is 17.1 Å².